The van der Waals surface area contributed by atoms with E-state index >= 15 is 0 Å². The topological polar surface area (TPSA) is 69.8 Å². The van der Waals surface area contributed by atoms with Crippen LogP contribution >= 0.6 is 0 Å². The second kappa shape index (κ2) is 6.25. The Morgan fingerprint density at radius 3 is 2.65 bits per heavy atom. The van der Waals surface area contributed by atoms with Crippen molar-refractivity contribution in [2.45, 2.75) is 6.10 Å². The van der Waals surface area contributed by atoms with Gasteiger partial charge in [0.05, 0.1) is 11.0 Å². The van der Waals surface area contributed by atoms with Gasteiger partial charge in [-0.25, -0.2) is 0 Å². The van der Waals surface area contributed by atoms with E-state index in [1.165, 1.54) is 6.07 Å². The predicted molar refractivity (Wildman–Crippen MR) is 72.0 cm³/mol. The summed E-state index contributed by atoms with van der Waals surface area (Å²) in [7, 11) is 2.04. The highest BCUT2D eigenvalue weighted by atomic mass is 19.1. The summed E-state index contributed by atoms with van der Waals surface area (Å²) in [5.41, 5.74) is -0.225. The highest BCUT2D eigenvalue weighted by Crippen LogP contribution is 2.23. The minimum Gasteiger partial charge on any atom is -0.387 e. The van der Waals surface area contributed by atoms with Crippen molar-refractivity contribution >= 4 is 5.69 Å². The third kappa shape index (κ3) is 3.50. The second-order valence-corrected chi connectivity index (χ2v) is 5.09. The Kier molecular flexibility index (Phi) is 4.64. The zero-order chi connectivity index (χ0) is 14.7. The third-order valence-electron chi connectivity index (χ3n) is 3.58. The van der Waals surface area contributed by atoms with E-state index in [2.05, 4.69) is 9.80 Å². The Labute approximate surface area is 116 Å². The van der Waals surface area contributed by atoms with Crippen LogP contribution in [0.4, 0.5) is 10.1 Å². The van der Waals surface area contributed by atoms with Gasteiger partial charge in [-0.2, -0.15) is 4.39 Å². The summed E-state index contributed by atoms with van der Waals surface area (Å²) in [4.78, 5) is 14.2. The van der Waals surface area contributed by atoms with Gasteiger partial charge in [0.2, 0.25) is 5.82 Å². The number of piperazine rings is 1. The van der Waals surface area contributed by atoms with E-state index in [1.807, 2.05) is 7.05 Å². The number of likely N-dealkylation sites (N-methyl/N-ethyl adjacent to an activating group) is 1. The molecule has 1 heterocycles. The minimum atomic E-state index is -0.884. The Balaban J connectivity index is 2.03. The van der Waals surface area contributed by atoms with Crippen molar-refractivity contribution in [3.05, 3.63) is 39.7 Å². The van der Waals surface area contributed by atoms with Crippen molar-refractivity contribution in [2.75, 3.05) is 39.8 Å². The summed E-state index contributed by atoms with van der Waals surface area (Å²) in [6, 6.07) is 3.53. The standard InChI is InChI=1S/C13H18FN3O3/c1-15-4-6-16(7-5-15)9-13(18)10-2-3-11(14)12(8-10)17(19)20/h2-3,8,13,18H,4-7,9H2,1H3. The van der Waals surface area contributed by atoms with Crippen molar-refractivity contribution in [3.8, 4) is 0 Å². The van der Waals surface area contributed by atoms with Crippen LogP contribution in [-0.2, 0) is 0 Å². The van der Waals surface area contributed by atoms with Crippen molar-refractivity contribution < 1.29 is 14.4 Å². The molecule has 1 N–H and O–H groups in total. The molecule has 1 fully saturated rings. The summed E-state index contributed by atoms with van der Waals surface area (Å²) in [5, 5.41) is 20.8. The molecular formula is C13H18FN3O3. The maximum atomic E-state index is 13.2. The molecule has 1 aromatic rings. The lowest BCUT2D eigenvalue weighted by Gasteiger charge is -2.33. The molecule has 1 aromatic carbocycles. The first-order chi connectivity index (χ1) is 9.47. The maximum Gasteiger partial charge on any atom is 0.305 e. The smallest absolute Gasteiger partial charge is 0.305 e. The van der Waals surface area contributed by atoms with Gasteiger partial charge in [-0.15, -0.1) is 0 Å². The van der Waals surface area contributed by atoms with Crippen LogP contribution < -0.4 is 0 Å². The quantitative estimate of drug-likeness (QED) is 0.660. The summed E-state index contributed by atoms with van der Waals surface area (Å²) < 4.78 is 13.2. The molecule has 1 unspecified atom stereocenters. The molecule has 0 radical (unpaired) electrons. The van der Waals surface area contributed by atoms with Crippen LogP contribution in [0.3, 0.4) is 0 Å². The fraction of sp³-hybridized carbons (Fsp3) is 0.538. The Morgan fingerprint density at radius 1 is 1.40 bits per heavy atom. The maximum absolute atomic E-state index is 13.2. The van der Waals surface area contributed by atoms with Crippen LogP contribution in [0, 0.1) is 15.9 Å². The molecule has 2 rings (SSSR count). The molecule has 1 aliphatic heterocycles. The van der Waals surface area contributed by atoms with E-state index < -0.39 is 22.5 Å². The second-order valence-electron chi connectivity index (χ2n) is 5.09. The van der Waals surface area contributed by atoms with E-state index in [0.717, 1.165) is 38.3 Å². The molecule has 0 aromatic heterocycles. The van der Waals surface area contributed by atoms with E-state index in [-0.39, 0.29) is 0 Å². The lowest BCUT2D eigenvalue weighted by molar-refractivity contribution is -0.387. The summed E-state index contributed by atoms with van der Waals surface area (Å²) >= 11 is 0. The number of nitro benzene ring substituents is 1. The van der Waals surface area contributed by atoms with Crippen LogP contribution in [0.25, 0.3) is 0 Å². The molecule has 0 bridgehead atoms. The Hall–Kier alpha value is -1.57. The number of hydrogen-bond donors (Lipinski definition) is 1. The molecule has 6 nitrogen and oxygen atoms in total. The number of nitro groups is 1. The lowest BCUT2D eigenvalue weighted by atomic mass is 10.1. The minimum absolute atomic E-state index is 0.372. The largest absolute Gasteiger partial charge is 0.387 e. The number of aliphatic hydroxyl groups is 1. The molecule has 20 heavy (non-hydrogen) atoms. The monoisotopic (exact) mass is 283 g/mol. The van der Waals surface area contributed by atoms with E-state index in [1.54, 1.807) is 0 Å². The fourth-order valence-electron chi connectivity index (χ4n) is 2.26. The van der Waals surface area contributed by atoms with Gasteiger partial charge >= 0.3 is 5.69 Å². The molecule has 0 aliphatic carbocycles. The van der Waals surface area contributed by atoms with Crippen LogP contribution in [-0.4, -0.2) is 59.6 Å². The molecule has 110 valence electrons. The normalized spacial score (nSPS) is 18.9. The predicted octanol–water partition coefficient (Wildman–Crippen LogP) is 1.01. The van der Waals surface area contributed by atoms with Gasteiger partial charge in [-0.3, -0.25) is 15.0 Å². The van der Waals surface area contributed by atoms with Gasteiger partial charge in [0.25, 0.3) is 0 Å². The zero-order valence-corrected chi connectivity index (χ0v) is 11.3. The number of β-amino-alcohol motifs (C(OH)–C–C–N with tert-alkyl or cyclic N) is 1. The number of benzene rings is 1. The van der Waals surface area contributed by atoms with Gasteiger partial charge in [-0.05, 0) is 18.7 Å². The van der Waals surface area contributed by atoms with Gasteiger partial charge in [0, 0.05) is 38.8 Å². The zero-order valence-electron chi connectivity index (χ0n) is 11.3. The third-order valence-corrected chi connectivity index (χ3v) is 3.58. The number of hydrogen-bond acceptors (Lipinski definition) is 5. The van der Waals surface area contributed by atoms with Crippen LogP contribution in [0.2, 0.25) is 0 Å². The molecule has 1 aliphatic rings. The van der Waals surface area contributed by atoms with Crippen LogP contribution in [0.15, 0.2) is 18.2 Å². The molecular weight excluding hydrogens is 265 g/mol. The highest BCUT2D eigenvalue weighted by molar-refractivity contribution is 5.37. The molecule has 1 saturated heterocycles. The first-order valence-corrected chi connectivity index (χ1v) is 6.50. The van der Waals surface area contributed by atoms with Gasteiger partial charge in [0.15, 0.2) is 0 Å². The first-order valence-electron chi connectivity index (χ1n) is 6.50. The fourth-order valence-corrected chi connectivity index (χ4v) is 2.26. The SMILES string of the molecule is CN1CCN(CC(O)c2ccc(F)c([N+](=O)[O-])c2)CC1. The van der Waals surface area contributed by atoms with Gasteiger partial charge in [-0.1, -0.05) is 6.07 Å². The van der Waals surface area contributed by atoms with Crippen LogP contribution in [0.1, 0.15) is 11.7 Å². The number of nitrogens with zero attached hydrogens (tertiary/aromatic N) is 3. The number of aliphatic hydroxyl groups excluding tert-OH is 1. The van der Waals surface area contributed by atoms with Crippen LogP contribution in [0.5, 0.6) is 0 Å². The number of halogens is 1. The van der Waals surface area contributed by atoms with Crippen molar-refractivity contribution in [1.82, 2.24) is 9.80 Å². The first kappa shape index (κ1) is 14.8. The summed E-state index contributed by atoms with van der Waals surface area (Å²) in [6.07, 6.45) is -0.849. The van der Waals surface area contributed by atoms with Crippen molar-refractivity contribution in [2.24, 2.45) is 0 Å². The van der Waals surface area contributed by atoms with Crippen molar-refractivity contribution in [1.29, 1.82) is 0 Å². The van der Waals surface area contributed by atoms with E-state index in [4.69, 9.17) is 0 Å². The molecule has 7 heteroatoms. The van der Waals surface area contributed by atoms with Gasteiger partial charge in [0.1, 0.15) is 0 Å². The summed E-state index contributed by atoms with van der Waals surface area (Å²) in [5.74, 6) is -0.884. The van der Waals surface area contributed by atoms with Crippen molar-refractivity contribution in [3.63, 3.8) is 0 Å². The Morgan fingerprint density at radius 2 is 2.05 bits per heavy atom. The van der Waals surface area contributed by atoms with E-state index in [9.17, 15) is 19.6 Å². The van der Waals surface area contributed by atoms with Gasteiger partial charge < -0.3 is 10.0 Å². The molecule has 0 saturated carbocycles. The average Bonchev–Trinajstić information content (AvgIpc) is 2.41. The lowest BCUT2D eigenvalue weighted by Crippen LogP contribution is -2.45. The highest BCUT2D eigenvalue weighted by Gasteiger charge is 2.21. The molecule has 0 amide bonds. The Bertz CT molecular complexity index is 490. The number of rotatable bonds is 4. The molecule has 1 atom stereocenters. The van der Waals surface area contributed by atoms with E-state index in [0.29, 0.717) is 12.1 Å². The summed E-state index contributed by atoms with van der Waals surface area (Å²) in [6.45, 7) is 3.94. The average molecular weight is 283 g/mol. The molecule has 0 spiro atoms.